The van der Waals surface area contributed by atoms with E-state index in [0.717, 1.165) is 25.9 Å². The lowest BCUT2D eigenvalue weighted by Crippen LogP contribution is -2.34. The van der Waals surface area contributed by atoms with E-state index in [2.05, 4.69) is 43.3 Å². The molecule has 0 spiro atoms. The Kier molecular flexibility index (Phi) is 4.57. The normalized spacial score (nSPS) is 11.4. The van der Waals surface area contributed by atoms with E-state index in [1.807, 2.05) is 10.9 Å². The first-order valence-corrected chi connectivity index (χ1v) is 5.71. The summed E-state index contributed by atoms with van der Waals surface area (Å²) in [6, 6.07) is 0. The van der Waals surface area contributed by atoms with Gasteiger partial charge in [-0.2, -0.15) is 5.10 Å². The Morgan fingerprint density at radius 3 is 2.88 bits per heavy atom. The average molecular weight is 219 g/mol. The molecule has 1 aromatic heterocycles. The summed E-state index contributed by atoms with van der Waals surface area (Å²) in [6.07, 6.45) is 11.0. The lowest BCUT2D eigenvalue weighted by Gasteiger charge is -2.19. The first-order valence-electron chi connectivity index (χ1n) is 5.71. The zero-order valence-corrected chi connectivity index (χ0v) is 10.5. The Bertz CT molecular complexity index is 352. The maximum absolute atomic E-state index is 5.20. The van der Waals surface area contributed by atoms with Crippen LogP contribution in [0, 0.1) is 12.3 Å². The topological polar surface area (TPSA) is 29.9 Å². The number of nitrogens with zero attached hydrogens (tertiary/aromatic N) is 2. The molecule has 3 nitrogen and oxygen atoms in total. The Morgan fingerprint density at radius 2 is 2.25 bits per heavy atom. The number of aromatic nitrogens is 2. The van der Waals surface area contributed by atoms with Crippen molar-refractivity contribution in [2.75, 3.05) is 0 Å². The highest BCUT2D eigenvalue weighted by atomic mass is 15.3. The number of rotatable bonds is 5. The van der Waals surface area contributed by atoms with Crippen molar-refractivity contribution in [2.45, 2.75) is 52.2 Å². The minimum Gasteiger partial charge on any atom is -0.308 e. The Hall–Kier alpha value is -1.27. The van der Waals surface area contributed by atoms with E-state index in [1.54, 1.807) is 0 Å². The summed E-state index contributed by atoms with van der Waals surface area (Å²) in [5.41, 5.74) is 1.36. The number of unbranched alkanes of at least 4 members (excludes halogenated alkanes) is 1. The van der Waals surface area contributed by atoms with Gasteiger partial charge in [0, 0.05) is 36.8 Å². The van der Waals surface area contributed by atoms with Gasteiger partial charge in [-0.1, -0.05) is 0 Å². The molecule has 1 heterocycles. The van der Waals surface area contributed by atoms with Crippen molar-refractivity contribution in [1.82, 2.24) is 15.1 Å². The van der Waals surface area contributed by atoms with Gasteiger partial charge in [0.1, 0.15) is 0 Å². The summed E-state index contributed by atoms with van der Waals surface area (Å²) < 4.78 is 1.96. The van der Waals surface area contributed by atoms with E-state index in [0.29, 0.717) is 0 Å². The van der Waals surface area contributed by atoms with E-state index >= 15 is 0 Å². The molecule has 0 aliphatic heterocycles. The van der Waals surface area contributed by atoms with Gasteiger partial charge in [-0.05, 0) is 27.2 Å². The maximum atomic E-state index is 5.20. The molecule has 0 bridgehead atoms. The second-order valence-corrected chi connectivity index (χ2v) is 5.02. The quantitative estimate of drug-likeness (QED) is 0.607. The van der Waals surface area contributed by atoms with Gasteiger partial charge in [-0.15, -0.1) is 12.3 Å². The van der Waals surface area contributed by atoms with Crippen LogP contribution in [-0.2, 0) is 13.1 Å². The molecule has 1 rings (SSSR count). The van der Waals surface area contributed by atoms with Crippen molar-refractivity contribution in [3.05, 3.63) is 18.0 Å². The lowest BCUT2D eigenvalue weighted by molar-refractivity contribution is 0.424. The summed E-state index contributed by atoms with van der Waals surface area (Å²) in [4.78, 5) is 0. The average Bonchev–Trinajstić information content (AvgIpc) is 2.62. The molecule has 0 aliphatic rings. The fourth-order valence-corrected chi connectivity index (χ4v) is 1.33. The zero-order valence-electron chi connectivity index (χ0n) is 10.5. The van der Waals surface area contributed by atoms with Gasteiger partial charge in [-0.3, -0.25) is 4.68 Å². The summed E-state index contributed by atoms with van der Waals surface area (Å²) in [6.45, 7) is 8.23. The van der Waals surface area contributed by atoms with Crippen molar-refractivity contribution in [3.63, 3.8) is 0 Å². The highest BCUT2D eigenvalue weighted by molar-refractivity contribution is 5.04. The second kappa shape index (κ2) is 5.72. The fourth-order valence-electron chi connectivity index (χ4n) is 1.33. The van der Waals surface area contributed by atoms with Crippen LogP contribution in [0.3, 0.4) is 0 Å². The number of terminal acetylenes is 1. The van der Waals surface area contributed by atoms with Gasteiger partial charge in [0.2, 0.25) is 0 Å². The molecule has 0 unspecified atom stereocenters. The van der Waals surface area contributed by atoms with Crippen LogP contribution in [0.1, 0.15) is 39.2 Å². The van der Waals surface area contributed by atoms with Crippen LogP contribution < -0.4 is 5.32 Å². The van der Waals surface area contributed by atoms with Gasteiger partial charge in [-0.25, -0.2) is 0 Å². The molecular formula is C13H21N3. The molecule has 0 aromatic carbocycles. The molecule has 0 amide bonds. The van der Waals surface area contributed by atoms with Gasteiger partial charge in [0.25, 0.3) is 0 Å². The third kappa shape index (κ3) is 4.99. The van der Waals surface area contributed by atoms with Crippen LogP contribution in [0.15, 0.2) is 12.4 Å². The Balaban J connectivity index is 2.37. The molecule has 88 valence electrons. The van der Waals surface area contributed by atoms with Crippen molar-refractivity contribution >= 4 is 0 Å². The van der Waals surface area contributed by atoms with Gasteiger partial charge in [0.05, 0.1) is 6.20 Å². The second-order valence-electron chi connectivity index (χ2n) is 5.02. The van der Waals surface area contributed by atoms with Gasteiger partial charge >= 0.3 is 0 Å². The molecule has 0 saturated heterocycles. The molecule has 0 radical (unpaired) electrons. The summed E-state index contributed by atoms with van der Waals surface area (Å²) in [5, 5.41) is 7.73. The summed E-state index contributed by atoms with van der Waals surface area (Å²) in [7, 11) is 0. The largest absolute Gasteiger partial charge is 0.308 e. The van der Waals surface area contributed by atoms with Crippen molar-refractivity contribution in [1.29, 1.82) is 0 Å². The van der Waals surface area contributed by atoms with Crippen LogP contribution in [0.5, 0.6) is 0 Å². The predicted octanol–water partition coefficient (Wildman–Crippen LogP) is 2.18. The first-order chi connectivity index (χ1) is 7.51. The van der Waals surface area contributed by atoms with E-state index < -0.39 is 0 Å². The number of hydrogen-bond donors (Lipinski definition) is 1. The summed E-state index contributed by atoms with van der Waals surface area (Å²) in [5.74, 6) is 2.64. The third-order valence-electron chi connectivity index (χ3n) is 2.22. The smallest absolute Gasteiger partial charge is 0.0534 e. The monoisotopic (exact) mass is 219 g/mol. The van der Waals surface area contributed by atoms with Crippen LogP contribution in [0.25, 0.3) is 0 Å². The molecule has 3 heteroatoms. The molecule has 0 saturated carbocycles. The SMILES string of the molecule is C#CCCCn1cc(CNC(C)(C)C)cn1. The van der Waals surface area contributed by atoms with E-state index in [9.17, 15) is 0 Å². The van der Waals surface area contributed by atoms with Crippen molar-refractivity contribution in [3.8, 4) is 12.3 Å². The highest BCUT2D eigenvalue weighted by Gasteiger charge is 2.08. The predicted molar refractivity (Wildman–Crippen MR) is 66.9 cm³/mol. The Morgan fingerprint density at radius 1 is 1.50 bits per heavy atom. The molecular weight excluding hydrogens is 198 g/mol. The highest BCUT2D eigenvalue weighted by Crippen LogP contribution is 2.04. The fraction of sp³-hybridized carbons (Fsp3) is 0.615. The minimum atomic E-state index is 0.144. The first kappa shape index (κ1) is 12.8. The minimum absolute atomic E-state index is 0.144. The van der Waals surface area contributed by atoms with Crippen LogP contribution in [0.2, 0.25) is 0 Å². The van der Waals surface area contributed by atoms with Crippen LogP contribution >= 0.6 is 0 Å². The maximum Gasteiger partial charge on any atom is 0.0534 e. The van der Waals surface area contributed by atoms with Crippen LogP contribution in [-0.4, -0.2) is 15.3 Å². The lowest BCUT2D eigenvalue weighted by atomic mass is 10.1. The van der Waals surface area contributed by atoms with Crippen LogP contribution in [0.4, 0.5) is 0 Å². The third-order valence-corrected chi connectivity index (χ3v) is 2.22. The number of aryl methyl sites for hydroxylation is 1. The van der Waals surface area contributed by atoms with Crippen molar-refractivity contribution in [2.24, 2.45) is 0 Å². The Labute approximate surface area is 98.2 Å². The molecule has 0 atom stereocenters. The van der Waals surface area contributed by atoms with E-state index in [1.165, 1.54) is 5.56 Å². The van der Waals surface area contributed by atoms with Gasteiger partial charge < -0.3 is 5.32 Å². The molecule has 0 fully saturated rings. The van der Waals surface area contributed by atoms with Crippen molar-refractivity contribution < 1.29 is 0 Å². The van der Waals surface area contributed by atoms with Gasteiger partial charge in [0.15, 0.2) is 0 Å². The molecule has 1 aromatic rings. The summed E-state index contributed by atoms with van der Waals surface area (Å²) >= 11 is 0. The standard InChI is InChI=1S/C13H21N3/c1-5-6-7-8-16-11-12(10-15-16)9-14-13(2,3)4/h1,10-11,14H,6-9H2,2-4H3. The van der Waals surface area contributed by atoms with E-state index in [4.69, 9.17) is 6.42 Å². The number of nitrogens with one attached hydrogen (secondary N) is 1. The molecule has 16 heavy (non-hydrogen) atoms. The molecule has 0 aliphatic carbocycles. The molecule has 1 N–H and O–H groups in total. The van der Waals surface area contributed by atoms with E-state index in [-0.39, 0.29) is 5.54 Å². The zero-order chi connectivity index (χ0) is 12.0. The number of hydrogen-bond acceptors (Lipinski definition) is 2.